The highest BCUT2D eigenvalue weighted by Crippen LogP contribution is 2.15. The number of rotatable bonds is 9. The maximum absolute atomic E-state index is 5.92. The van der Waals surface area contributed by atoms with E-state index in [1.54, 1.807) is 0 Å². The van der Waals surface area contributed by atoms with Crippen molar-refractivity contribution < 1.29 is 4.42 Å². The normalized spacial score (nSPS) is 11.7. The van der Waals surface area contributed by atoms with E-state index >= 15 is 0 Å². The van der Waals surface area contributed by atoms with E-state index in [2.05, 4.69) is 60.6 Å². The molecule has 0 saturated carbocycles. The van der Waals surface area contributed by atoms with Crippen LogP contribution in [-0.2, 0) is 19.6 Å². The van der Waals surface area contributed by atoms with Crippen LogP contribution < -0.4 is 5.32 Å². The summed E-state index contributed by atoms with van der Waals surface area (Å²) < 4.78 is 5.92. The number of furan rings is 1. The van der Waals surface area contributed by atoms with Gasteiger partial charge in [0, 0.05) is 11.4 Å². The average molecular weight is 306 g/mol. The Morgan fingerprint density at radius 2 is 2.00 bits per heavy atom. The molecule has 0 fully saturated rings. The van der Waals surface area contributed by atoms with Crippen molar-refractivity contribution in [1.82, 2.24) is 10.2 Å². The van der Waals surface area contributed by atoms with Crippen molar-refractivity contribution in [3.05, 3.63) is 46.0 Å². The molecule has 0 aromatic carbocycles. The van der Waals surface area contributed by atoms with E-state index in [-0.39, 0.29) is 0 Å². The van der Waals surface area contributed by atoms with Crippen LogP contribution in [0.15, 0.2) is 34.1 Å². The smallest absolute Gasteiger partial charge is 0.118 e. The highest BCUT2D eigenvalue weighted by Gasteiger charge is 2.09. The van der Waals surface area contributed by atoms with Gasteiger partial charge in [-0.25, -0.2) is 0 Å². The van der Waals surface area contributed by atoms with Gasteiger partial charge in [-0.05, 0) is 42.6 Å². The zero-order valence-corrected chi connectivity index (χ0v) is 14.1. The van der Waals surface area contributed by atoms with E-state index in [0.717, 1.165) is 44.2 Å². The lowest BCUT2D eigenvalue weighted by molar-refractivity contribution is 0.246. The Hall–Kier alpha value is -1.10. The van der Waals surface area contributed by atoms with Gasteiger partial charge < -0.3 is 9.73 Å². The topological polar surface area (TPSA) is 28.4 Å². The van der Waals surface area contributed by atoms with Crippen molar-refractivity contribution in [2.45, 2.75) is 40.4 Å². The van der Waals surface area contributed by atoms with E-state index in [0.29, 0.717) is 5.92 Å². The Morgan fingerprint density at radius 3 is 2.67 bits per heavy atom. The van der Waals surface area contributed by atoms with Gasteiger partial charge in [0.1, 0.15) is 11.5 Å². The van der Waals surface area contributed by atoms with Crippen LogP contribution >= 0.6 is 11.3 Å². The molecule has 0 aliphatic rings. The summed E-state index contributed by atoms with van der Waals surface area (Å²) in [6.45, 7) is 11.4. The molecule has 4 heteroatoms. The van der Waals surface area contributed by atoms with Crippen molar-refractivity contribution in [3.63, 3.8) is 0 Å². The highest BCUT2D eigenvalue weighted by atomic mass is 32.1. The van der Waals surface area contributed by atoms with Crippen molar-refractivity contribution in [2.75, 3.05) is 13.1 Å². The minimum absolute atomic E-state index is 0.667. The van der Waals surface area contributed by atoms with E-state index < -0.39 is 0 Å². The first-order chi connectivity index (χ1) is 10.2. The number of thiophene rings is 1. The molecule has 0 amide bonds. The number of hydrogen-bond acceptors (Lipinski definition) is 4. The average Bonchev–Trinajstić information content (AvgIpc) is 3.09. The van der Waals surface area contributed by atoms with Gasteiger partial charge in [0.25, 0.3) is 0 Å². The fraction of sp³-hybridized carbons (Fsp3) is 0.529. The number of nitrogens with zero attached hydrogens (tertiary/aromatic N) is 1. The Morgan fingerprint density at radius 1 is 1.19 bits per heavy atom. The molecular weight excluding hydrogens is 280 g/mol. The highest BCUT2D eigenvalue weighted by molar-refractivity contribution is 7.09. The third-order valence-corrected chi connectivity index (χ3v) is 4.22. The molecule has 0 saturated heterocycles. The van der Waals surface area contributed by atoms with Gasteiger partial charge in [0.2, 0.25) is 0 Å². The second-order valence-electron chi connectivity index (χ2n) is 5.78. The quantitative estimate of drug-likeness (QED) is 0.756. The minimum Gasteiger partial charge on any atom is -0.463 e. The molecule has 0 aliphatic heterocycles. The molecule has 0 aliphatic carbocycles. The van der Waals surface area contributed by atoms with Crippen LogP contribution in [0.4, 0.5) is 0 Å². The molecule has 3 nitrogen and oxygen atoms in total. The molecule has 2 rings (SSSR count). The predicted molar refractivity (Wildman–Crippen MR) is 89.4 cm³/mol. The molecule has 2 aromatic heterocycles. The summed E-state index contributed by atoms with van der Waals surface area (Å²) >= 11 is 1.81. The fourth-order valence-electron chi connectivity index (χ4n) is 2.21. The molecule has 0 bridgehead atoms. The van der Waals surface area contributed by atoms with E-state index in [1.165, 1.54) is 4.88 Å². The summed E-state index contributed by atoms with van der Waals surface area (Å²) in [5, 5.41) is 5.55. The van der Waals surface area contributed by atoms with Gasteiger partial charge >= 0.3 is 0 Å². The van der Waals surface area contributed by atoms with E-state index in [1.807, 2.05) is 11.3 Å². The van der Waals surface area contributed by atoms with Gasteiger partial charge in [0.05, 0.1) is 13.1 Å². The maximum Gasteiger partial charge on any atom is 0.118 e. The number of nitrogens with one attached hydrogen (secondary N) is 1. The van der Waals surface area contributed by atoms with Gasteiger partial charge in [-0.3, -0.25) is 4.90 Å². The summed E-state index contributed by atoms with van der Waals surface area (Å²) in [5.41, 5.74) is 0. The molecule has 21 heavy (non-hydrogen) atoms. The summed E-state index contributed by atoms with van der Waals surface area (Å²) in [4.78, 5) is 3.80. The summed E-state index contributed by atoms with van der Waals surface area (Å²) in [5.74, 6) is 2.74. The van der Waals surface area contributed by atoms with Crippen LogP contribution in [0.3, 0.4) is 0 Å². The van der Waals surface area contributed by atoms with Crippen molar-refractivity contribution in [3.8, 4) is 0 Å². The van der Waals surface area contributed by atoms with Crippen LogP contribution in [-0.4, -0.2) is 18.0 Å². The van der Waals surface area contributed by atoms with Crippen molar-refractivity contribution >= 4 is 11.3 Å². The molecular formula is C17H26N2OS. The van der Waals surface area contributed by atoms with E-state index in [4.69, 9.17) is 4.42 Å². The lowest BCUT2D eigenvalue weighted by atomic mass is 10.2. The van der Waals surface area contributed by atoms with Gasteiger partial charge in [0.15, 0.2) is 0 Å². The summed E-state index contributed by atoms with van der Waals surface area (Å²) in [6, 6.07) is 8.49. The minimum atomic E-state index is 0.667. The molecule has 0 atom stereocenters. The fourth-order valence-corrected chi connectivity index (χ4v) is 2.96. The first kappa shape index (κ1) is 16.3. The molecule has 116 valence electrons. The van der Waals surface area contributed by atoms with E-state index in [9.17, 15) is 0 Å². The third-order valence-electron chi connectivity index (χ3n) is 3.36. The molecule has 1 N–H and O–H groups in total. The SMILES string of the molecule is CCN(Cc1ccc(CNCC(C)C)o1)Cc1cccs1. The van der Waals surface area contributed by atoms with Gasteiger partial charge in [-0.1, -0.05) is 26.8 Å². The van der Waals surface area contributed by atoms with Gasteiger partial charge in [-0.2, -0.15) is 0 Å². The second-order valence-corrected chi connectivity index (χ2v) is 6.81. The molecule has 0 unspecified atom stereocenters. The molecule has 2 heterocycles. The lowest BCUT2D eigenvalue weighted by Gasteiger charge is -2.18. The van der Waals surface area contributed by atoms with Gasteiger partial charge in [-0.15, -0.1) is 11.3 Å². The first-order valence-electron chi connectivity index (χ1n) is 7.70. The zero-order valence-electron chi connectivity index (χ0n) is 13.3. The zero-order chi connectivity index (χ0) is 15.1. The second kappa shape index (κ2) is 8.37. The van der Waals surface area contributed by atoms with Crippen LogP contribution in [0.5, 0.6) is 0 Å². The third kappa shape index (κ3) is 5.65. The number of hydrogen-bond donors (Lipinski definition) is 1. The first-order valence-corrected chi connectivity index (χ1v) is 8.58. The molecule has 0 radical (unpaired) electrons. The summed E-state index contributed by atoms with van der Waals surface area (Å²) in [6.07, 6.45) is 0. The summed E-state index contributed by atoms with van der Waals surface area (Å²) in [7, 11) is 0. The standard InChI is InChI=1S/C17H26N2OS/c1-4-19(13-17-6-5-9-21-17)12-16-8-7-15(20-16)11-18-10-14(2)3/h5-9,14,18H,4,10-13H2,1-3H3. The Balaban J connectivity index is 1.82. The lowest BCUT2D eigenvalue weighted by Crippen LogP contribution is -2.21. The van der Waals surface area contributed by atoms with Crippen LogP contribution in [0, 0.1) is 5.92 Å². The van der Waals surface area contributed by atoms with Crippen molar-refractivity contribution in [1.29, 1.82) is 0 Å². The maximum atomic E-state index is 5.92. The Labute approximate surface area is 132 Å². The van der Waals surface area contributed by atoms with Crippen LogP contribution in [0.25, 0.3) is 0 Å². The Kier molecular flexibility index (Phi) is 6.49. The van der Waals surface area contributed by atoms with Crippen LogP contribution in [0.2, 0.25) is 0 Å². The van der Waals surface area contributed by atoms with Crippen LogP contribution in [0.1, 0.15) is 37.2 Å². The molecule has 0 spiro atoms. The largest absolute Gasteiger partial charge is 0.463 e. The monoisotopic (exact) mass is 306 g/mol. The predicted octanol–water partition coefficient (Wildman–Crippen LogP) is 4.11. The van der Waals surface area contributed by atoms with Crippen molar-refractivity contribution in [2.24, 2.45) is 5.92 Å². The Bertz CT molecular complexity index is 505. The molecule has 2 aromatic rings.